The number of H-pyrrole nitrogens is 1. The fourth-order valence-corrected chi connectivity index (χ4v) is 2.52. The van der Waals surface area contributed by atoms with Gasteiger partial charge in [-0.25, -0.2) is 4.79 Å². The Kier molecular flexibility index (Phi) is 2.47. The van der Waals surface area contributed by atoms with E-state index in [1.165, 1.54) is 0 Å². The van der Waals surface area contributed by atoms with Crippen molar-refractivity contribution in [3.05, 3.63) is 34.3 Å². The number of hydrogen-bond donors (Lipinski definition) is 2. The van der Waals surface area contributed by atoms with Gasteiger partial charge in [0.25, 0.3) is 0 Å². The largest absolute Gasteiger partial charge is 0.481 e. The highest BCUT2D eigenvalue weighted by Gasteiger charge is 2.35. The molecular formula is C13H13NO4. The van der Waals surface area contributed by atoms with E-state index in [0.717, 1.165) is 18.4 Å². The second kappa shape index (κ2) is 4.01. The lowest BCUT2D eigenvalue weighted by atomic mass is 9.90. The van der Waals surface area contributed by atoms with Gasteiger partial charge in [-0.05, 0) is 36.3 Å². The highest BCUT2D eigenvalue weighted by atomic mass is 16.4. The van der Waals surface area contributed by atoms with Crippen LogP contribution < -0.4 is 5.76 Å². The first kappa shape index (κ1) is 11.1. The Morgan fingerprint density at radius 2 is 2.28 bits per heavy atom. The van der Waals surface area contributed by atoms with Gasteiger partial charge in [-0.3, -0.25) is 9.78 Å². The number of carbonyl (C=O) groups is 1. The van der Waals surface area contributed by atoms with Crippen LogP contribution in [0.1, 0.15) is 30.7 Å². The van der Waals surface area contributed by atoms with Crippen LogP contribution in [0.25, 0.3) is 11.1 Å². The minimum absolute atomic E-state index is 0.0422. The molecule has 1 aromatic carbocycles. The number of fused-ring (bicyclic) bond motifs is 1. The lowest BCUT2D eigenvalue weighted by Gasteiger charge is -2.14. The number of aliphatic carboxylic acids is 1. The Morgan fingerprint density at radius 1 is 1.50 bits per heavy atom. The fourth-order valence-electron chi connectivity index (χ4n) is 2.52. The van der Waals surface area contributed by atoms with Gasteiger partial charge in [0, 0.05) is 0 Å². The van der Waals surface area contributed by atoms with Gasteiger partial charge < -0.3 is 9.52 Å². The van der Waals surface area contributed by atoms with Crippen LogP contribution >= 0.6 is 0 Å². The van der Waals surface area contributed by atoms with E-state index in [4.69, 9.17) is 9.52 Å². The van der Waals surface area contributed by atoms with Crippen molar-refractivity contribution in [3.8, 4) is 0 Å². The standard InChI is InChI=1S/C13H13NO4/c15-11(16)6-9(7-4-5-7)8-2-1-3-10-12(8)14-13(17)18-10/h1-3,7,9H,4-6H2,(H,14,17)(H,15,16). The molecule has 1 unspecified atom stereocenters. The minimum atomic E-state index is -0.810. The minimum Gasteiger partial charge on any atom is -0.481 e. The molecule has 1 aromatic heterocycles. The molecule has 0 saturated heterocycles. The van der Waals surface area contributed by atoms with Crippen LogP contribution in [0, 0.1) is 5.92 Å². The molecule has 1 aliphatic carbocycles. The van der Waals surface area contributed by atoms with Crippen LogP contribution in [0.4, 0.5) is 0 Å². The summed E-state index contributed by atoms with van der Waals surface area (Å²) in [5.41, 5.74) is 2.01. The van der Waals surface area contributed by atoms with Gasteiger partial charge in [0.1, 0.15) is 0 Å². The van der Waals surface area contributed by atoms with E-state index >= 15 is 0 Å². The molecule has 18 heavy (non-hydrogen) atoms. The third kappa shape index (κ3) is 1.92. The van der Waals surface area contributed by atoms with Crippen molar-refractivity contribution >= 4 is 17.1 Å². The van der Waals surface area contributed by atoms with Crippen LogP contribution in [0.3, 0.4) is 0 Å². The second-order valence-electron chi connectivity index (χ2n) is 4.78. The molecule has 0 aliphatic heterocycles. The number of oxazole rings is 1. The van der Waals surface area contributed by atoms with Crippen LogP contribution in [0.15, 0.2) is 27.4 Å². The van der Waals surface area contributed by atoms with E-state index in [1.54, 1.807) is 12.1 Å². The van der Waals surface area contributed by atoms with E-state index < -0.39 is 11.7 Å². The second-order valence-corrected chi connectivity index (χ2v) is 4.78. The number of nitrogens with one attached hydrogen (secondary N) is 1. The summed E-state index contributed by atoms with van der Waals surface area (Å²) < 4.78 is 5.01. The summed E-state index contributed by atoms with van der Waals surface area (Å²) in [6, 6.07) is 5.38. The lowest BCUT2D eigenvalue weighted by Crippen LogP contribution is -2.09. The summed E-state index contributed by atoms with van der Waals surface area (Å²) in [6.45, 7) is 0. The number of carboxylic acid groups (broad SMARTS) is 1. The van der Waals surface area contributed by atoms with Gasteiger partial charge in [-0.1, -0.05) is 12.1 Å². The Morgan fingerprint density at radius 3 is 2.94 bits per heavy atom. The molecule has 0 spiro atoms. The molecule has 94 valence electrons. The van der Waals surface area contributed by atoms with Crippen molar-refractivity contribution < 1.29 is 14.3 Å². The van der Waals surface area contributed by atoms with Crippen molar-refractivity contribution in [2.24, 2.45) is 5.92 Å². The van der Waals surface area contributed by atoms with Gasteiger partial charge >= 0.3 is 11.7 Å². The molecule has 0 radical (unpaired) electrons. The van der Waals surface area contributed by atoms with E-state index in [9.17, 15) is 9.59 Å². The van der Waals surface area contributed by atoms with E-state index in [0.29, 0.717) is 17.0 Å². The van der Waals surface area contributed by atoms with Crippen molar-refractivity contribution in [3.63, 3.8) is 0 Å². The first-order valence-corrected chi connectivity index (χ1v) is 5.98. The van der Waals surface area contributed by atoms with Crippen molar-refractivity contribution in [2.45, 2.75) is 25.2 Å². The fraction of sp³-hybridized carbons (Fsp3) is 0.385. The normalized spacial score (nSPS) is 16.9. The maximum atomic E-state index is 11.2. The Bertz CT molecular complexity index is 650. The zero-order chi connectivity index (χ0) is 12.7. The first-order valence-electron chi connectivity index (χ1n) is 5.98. The lowest BCUT2D eigenvalue weighted by molar-refractivity contribution is -0.137. The highest BCUT2D eigenvalue weighted by molar-refractivity contribution is 5.78. The van der Waals surface area contributed by atoms with Gasteiger partial charge in [-0.15, -0.1) is 0 Å². The topological polar surface area (TPSA) is 83.3 Å². The van der Waals surface area contributed by atoms with Crippen molar-refractivity contribution in [1.82, 2.24) is 4.98 Å². The van der Waals surface area contributed by atoms with Gasteiger partial charge in [0.2, 0.25) is 0 Å². The maximum absolute atomic E-state index is 11.2. The number of benzene rings is 1. The van der Waals surface area contributed by atoms with Crippen LogP contribution in [-0.4, -0.2) is 16.1 Å². The number of rotatable bonds is 4. The molecule has 5 heteroatoms. The highest BCUT2D eigenvalue weighted by Crippen LogP contribution is 2.45. The zero-order valence-corrected chi connectivity index (χ0v) is 9.68. The van der Waals surface area contributed by atoms with E-state index in [-0.39, 0.29) is 12.3 Å². The Labute approximate surface area is 102 Å². The summed E-state index contributed by atoms with van der Waals surface area (Å²) in [5, 5.41) is 9.00. The summed E-state index contributed by atoms with van der Waals surface area (Å²) in [7, 11) is 0. The molecule has 2 N–H and O–H groups in total. The average molecular weight is 247 g/mol. The van der Waals surface area contributed by atoms with Gasteiger partial charge in [0.05, 0.1) is 11.9 Å². The van der Waals surface area contributed by atoms with Gasteiger partial charge in [0.15, 0.2) is 5.58 Å². The molecular weight excluding hydrogens is 234 g/mol. The molecule has 5 nitrogen and oxygen atoms in total. The maximum Gasteiger partial charge on any atom is 0.417 e. The first-order chi connectivity index (χ1) is 8.65. The van der Waals surface area contributed by atoms with Crippen molar-refractivity contribution in [2.75, 3.05) is 0 Å². The quantitative estimate of drug-likeness (QED) is 0.866. The average Bonchev–Trinajstić information content (AvgIpc) is 3.06. The van der Waals surface area contributed by atoms with Crippen LogP contribution in [0.5, 0.6) is 0 Å². The number of hydrogen-bond acceptors (Lipinski definition) is 3. The molecule has 1 saturated carbocycles. The number of aromatic nitrogens is 1. The number of aromatic amines is 1. The van der Waals surface area contributed by atoms with E-state index in [1.807, 2.05) is 6.07 Å². The molecule has 0 bridgehead atoms. The van der Waals surface area contributed by atoms with Crippen LogP contribution in [-0.2, 0) is 4.79 Å². The SMILES string of the molecule is O=C(O)CC(c1cccc2oc(=O)[nH]c12)C1CC1. The molecule has 1 heterocycles. The molecule has 1 atom stereocenters. The summed E-state index contributed by atoms with van der Waals surface area (Å²) in [5.74, 6) is -0.943. The Balaban J connectivity index is 2.10. The molecule has 1 fully saturated rings. The number of carboxylic acids is 1. The monoisotopic (exact) mass is 247 g/mol. The van der Waals surface area contributed by atoms with Crippen LogP contribution in [0.2, 0.25) is 0 Å². The summed E-state index contributed by atoms with van der Waals surface area (Å²) >= 11 is 0. The number of para-hydroxylation sites is 1. The third-order valence-corrected chi connectivity index (χ3v) is 3.47. The zero-order valence-electron chi connectivity index (χ0n) is 9.68. The summed E-state index contributed by atoms with van der Waals surface area (Å²) in [6.07, 6.45) is 2.20. The molecule has 1 aliphatic rings. The smallest absolute Gasteiger partial charge is 0.417 e. The Hall–Kier alpha value is -2.04. The van der Waals surface area contributed by atoms with Crippen molar-refractivity contribution in [1.29, 1.82) is 0 Å². The molecule has 2 aromatic rings. The third-order valence-electron chi connectivity index (χ3n) is 3.47. The predicted octanol–water partition coefficient (Wildman–Crippen LogP) is 2.09. The predicted molar refractivity (Wildman–Crippen MR) is 64.6 cm³/mol. The molecule has 0 amide bonds. The van der Waals surface area contributed by atoms with E-state index in [2.05, 4.69) is 4.98 Å². The summed E-state index contributed by atoms with van der Waals surface area (Å²) in [4.78, 5) is 24.8. The molecule has 3 rings (SSSR count). The van der Waals surface area contributed by atoms with Gasteiger partial charge in [-0.2, -0.15) is 0 Å².